The number of ketones is 1. The molecule has 74 valence electrons. The highest BCUT2D eigenvalue weighted by molar-refractivity contribution is 6.52. The summed E-state index contributed by atoms with van der Waals surface area (Å²) >= 11 is 0. The number of H-pyrrole nitrogens is 1. The number of hydrogen-bond donors (Lipinski definition) is 2. The Balaban J connectivity index is 2.37. The van der Waals surface area contributed by atoms with Gasteiger partial charge in [-0.1, -0.05) is 6.08 Å². The number of aryl methyl sites for hydroxylation is 1. The molecule has 0 aromatic carbocycles. The lowest BCUT2D eigenvalue weighted by Crippen LogP contribution is -2.14. The summed E-state index contributed by atoms with van der Waals surface area (Å²) in [5, 5.41) is 10.5. The molecule has 0 saturated carbocycles. The number of carbonyl (C=O) groups is 1. The van der Waals surface area contributed by atoms with Crippen LogP contribution in [0.3, 0.4) is 0 Å². The van der Waals surface area contributed by atoms with E-state index >= 15 is 0 Å². The van der Waals surface area contributed by atoms with Gasteiger partial charge in [0, 0.05) is 24.4 Å². The molecule has 0 fully saturated rings. The number of aromatic amines is 1. The Hall–Kier alpha value is -2.10. The number of nitrogens with one attached hydrogen (secondary N) is 2. The number of Topliss-reactive ketones (excluding diaryl/α,β-unsaturated/α-hetero) is 1. The Kier molecular flexibility index (Phi) is 1.36. The van der Waals surface area contributed by atoms with Crippen molar-refractivity contribution in [3.05, 3.63) is 29.5 Å². The van der Waals surface area contributed by atoms with Gasteiger partial charge in [-0.25, -0.2) is 0 Å². The fraction of sp³-hybridized carbons (Fsp3) is 0.0909. The number of fused-ring (bicyclic) bond motifs is 3. The fourth-order valence-electron chi connectivity index (χ4n) is 2.00. The number of rotatable bonds is 0. The van der Waals surface area contributed by atoms with Crippen molar-refractivity contribution in [2.45, 2.75) is 0 Å². The number of aromatic nitrogens is 2. The second-order valence-corrected chi connectivity index (χ2v) is 3.68. The lowest BCUT2D eigenvalue weighted by Gasteiger charge is -2.05. The number of carbonyl (C=O) groups excluding carboxylic acids is 1. The molecule has 1 heterocycles. The van der Waals surface area contributed by atoms with Crippen molar-refractivity contribution >= 4 is 17.6 Å². The van der Waals surface area contributed by atoms with Gasteiger partial charge in [0.1, 0.15) is 5.71 Å². The van der Waals surface area contributed by atoms with Crippen LogP contribution in [0.1, 0.15) is 15.9 Å². The SMILES string of the molecule is Cn1[nH]cc2c3c(cc1-2)C=CC(=N)C3=O. The van der Waals surface area contributed by atoms with Gasteiger partial charge in [-0.15, -0.1) is 0 Å². The molecule has 3 rings (SSSR count). The summed E-state index contributed by atoms with van der Waals surface area (Å²) < 4.78 is 1.86. The minimum absolute atomic E-state index is 0.0545. The Labute approximate surface area is 86.0 Å². The zero-order chi connectivity index (χ0) is 10.6. The summed E-state index contributed by atoms with van der Waals surface area (Å²) in [5.41, 5.74) is 3.50. The molecule has 0 saturated heterocycles. The maximum atomic E-state index is 11.8. The van der Waals surface area contributed by atoms with E-state index in [-0.39, 0.29) is 11.5 Å². The van der Waals surface area contributed by atoms with E-state index in [1.807, 2.05) is 23.9 Å². The van der Waals surface area contributed by atoms with Gasteiger partial charge in [0.05, 0.1) is 5.69 Å². The summed E-state index contributed by atoms with van der Waals surface area (Å²) in [7, 11) is 1.90. The molecule has 3 aliphatic rings. The first-order valence-corrected chi connectivity index (χ1v) is 4.66. The van der Waals surface area contributed by atoms with E-state index in [2.05, 4.69) is 5.10 Å². The van der Waals surface area contributed by atoms with Crippen LogP contribution in [0.2, 0.25) is 0 Å². The fourth-order valence-corrected chi connectivity index (χ4v) is 2.00. The molecular formula is C11H9N3O. The smallest absolute Gasteiger partial charge is 0.211 e. The van der Waals surface area contributed by atoms with Gasteiger partial charge in [-0.2, -0.15) is 0 Å². The monoisotopic (exact) mass is 199 g/mol. The third kappa shape index (κ3) is 0.905. The molecule has 4 nitrogen and oxygen atoms in total. The average Bonchev–Trinajstić information content (AvgIpc) is 2.73. The standard InChI is InChI=1S/C11H9N3O/c1-14-9-4-6-2-3-8(12)11(15)10(6)7(9)5-13-14/h2-5,12-13H,1H3. The van der Waals surface area contributed by atoms with Gasteiger partial charge < -0.3 is 5.10 Å². The van der Waals surface area contributed by atoms with Crippen molar-refractivity contribution in [2.24, 2.45) is 7.05 Å². The van der Waals surface area contributed by atoms with Crippen LogP contribution >= 0.6 is 0 Å². The van der Waals surface area contributed by atoms with Crippen LogP contribution in [0, 0.1) is 5.41 Å². The largest absolute Gasteiger partial charge is 0.305 e. The normalized spacial score (nSPS) is 15.0. The Morgan fingerprint density at radius 2 is 2.20 bits per heavy atom. The highest BCUT2D eigenvalue weighted by Crippen LogP contribution is 2.34. The van der Waals surface area contributed by atoms with E-state index in [9.17, 15) is 4.79 Å². The van der Waals surface area contributed by atoms with Crippen molar-refractivity contribution in [2.75, 3.05) is 0 Å². The Morgan fingerprint density at radius 3 is 3.00 bits per heavy atom. The van der Waals surface area contributed by atoms with Crippen molar-refractivity contribution in [1.82, 2.24) is 9.78 Å². The van der Waals surface area contributed by atoms with Crippen molar-refractivity contribution in [3.8, 4) is 11.3 Å². The lowest BCUT2D eigenvalue weighted by molar-refractivity contribution is 0.106. The molecule has 0 bridgehead atoms. The third-order valence-corrected chi connectivity index (χ3v) is 2.79. The van der Waals surface area contributed by atoms with Gasteiger partial charge >= 0.3 is 0 Å². The molecule has 0 aromatic rings. The maximum absolute atomic E-state index is 11.8. The van der Waals surface area contributed by atoms with Crippen molar-refractivity contribution in [3.63, 3.8) is 0 Å². The molecule has 0 unspecified atom stereocenters. The van der Waals surface area contributed by atoms with Crippen LogP contribution in [0.5, 0.6) is 0 Å². The van der Waals surface area contributed by atoms with Crippen LogP contribution in [0.25, 0.3) is 17.3 Å². The lowest BCUT2D eigenvalue weighted by atomic mass is 9.97. The molecule has 4 heteroatoms. The van der Waals surface area contributed by atoms with Crippen LogP contribution in [-0.4, -0.2) is 21.3 Å². The molecular weight excluding hydrogens is 190 g/mol. The van der Waals surface area contributed by atoms with Gasteiger partial charge in [-0.3, -0.25) is 14.9 Å². The van der Waals surface area contributed by atoms with Crippen LogP contribution in [-0.2, 0) is 7.05 Å². The topological polar surface area (TPSA) is 61.6 Å². The first kappa shape index (κ1) is 8.23. The zero-order valence-corrected chi connectivity index (χ0v) is 8.16. The van der Waals surface area contributed by atoms with E-state index in [0.29, 0.717) is 5.56 Å². The summed E-state index contributed by atoms with van der Waals surface area (Å²) in [5.74, 6) is -0.192. The second kappa shape index (κ2) is 2.48. The van der Waals surface area contributed by atoms with Crippen molar-refractivity contribution < 1.29 is 4.79 Å². The molecule has 1 aliphatic heterocycles. The summed E-state index contributed by atoms with van der Waals surface area (Å²) in [6.45, 7) is 0. The van der Waals surface area contributed by atoms with E-state index in [0.717, 1.165) is 16.8 Å². The quantitative estimate of drug-likeness (QED) is 0.666. The van der Waals surface area contributed by atoms with Crippen LogP contribution in [0.4, 0.5) is 0 Å². The molecule has 0 spiro atoms. The third-order valence-electron chi connectivity index (χ3n) is 2.79. The summed E-state index contributed by atoms with van der Waals surface area (Å²) in [4.78, 5) is 11.8. The highest BCUT2D eigenvalue weighted by atomic mass is 16.1. The number of hydrogen-bond acceptors (Lipinski definition) is 2. The molecule has 0 atom stereocenters. The first-order valence-electron chi connectivity index (χ1n) is 4.66. The summed E-state index contributed by atoms with van der Waals surface area (Å²) in [6, 6.07) is 1.96. The summed E-state index contributed by atoms with van der Waals surface area (Å²) in [6.07, 6.45) is 5.17. The number of nitrogens with zero attached hydrogens (tertiary/aromatic N) is 1. The average molecular weight is 199 g/mol. The predicted octanol–water partition coefficient (Wildman–Crippen LogP) is 1.69. The number of allylic oxidation sites excluding steroid dienone is 1. The van der Waals surface area contributed by atoms with E-state index < -0.39 is 0 Å². The van der Waals surface area contributed by atoms with Gasteiger partial charge in [0.2, 0.25) is 5.78 Å². The van der Waals surface area contributed by atoms with E-state index in [1.165, 1.54) is 0 Å². The van der Waals surface area contributed by atoms with Gasteiger partial charge in [-0.05, 0) is 17.7 Å². The van der Waals surface area contributed by atoms with E-state index in [1.54, 1.807) is 12.3 Å². The van der Waals surface area contributed by atoms with Gasteiger partial charge in [0.15, 0.2) is 0 Å². The maximum Gasteiger partial charge on any atom is 0.211 e. The molecule has 0 aromatic heterocycles. The van der Waals surface area contributed by atoms with Gasteiger partial charge in [0.25, 0.3) is 0 Å². The molecule has 2 aliphatic carbocycles. The van der Waals surface area contributed by atoms with Crippen LogP contribution < -0.4 is 0 Å². The van der Waals surface area contributed by atoms with Crippen LogP contribution in [0.15, 0.2) is 18.3 Å². The molecule has 0 amide bonds. The zero-order valence-electron chi connectivity index (χ0n) is 8.16. The molecule has 2 N–H and O–H groups in total. The minimum Gasteiger partial charge on any atom is -0.305 e. The molecule has 15 heavy (non-hydrogen) atoms. The Morgan fingerprint density at radius 1 is 1.40 bits per heavy atom. The van der Waals surface area contributed by atoms with Crippen molar-refractivity contribution in [1.29, 1.82) is 5.41 Å². The first-order chi connectivity index (χ1) is 7.18. The second-order valence-electron chi connectivity index (χ2n) is 3.68. The highest BCUT2D eigenvalue weighted by Gasteiger charge is 2.26. The minimum atomic E-state index is -0.192. The molecule has 0 radical (unpaired) electrons. The Bertz CT molecular complexity index is 585. The van der Waals surface area contributed by atoms with E-state index in [4.69, 9.17) is 5.41 Å². The predicted molar refractivity (Wildman–Crippen MR) is 57.5 cm³/mol.